The van der Waals surface area contributed by atoms with Crippen LogP contribution in [-0.2, 0) is 6.54 Å². The van der Waals surface area contributed by atoms with Crippen molar-refractivity contribution >= 4 is 41.5 Å². The Balaban J connectivity index is 1.50. The summed E-state index contributed by atoms with van der Waals surface area (Å²) in [4.78, 5) is 25.0. The van der Waals surface area contributed by atoms with E-state index >= 15 is 0 Å². The van der Waals surface area contributed by atoms with Crippen molar-refractivity contribution in [1.82, 2.24) is 4.57 Å². The Labute approximate surface area is 196 Å². The Morgan fingerprint density at radius 2 is 1.88 bits per heavy atom. The maximum absolute atomic E-state index is 13.3. The molecular weight excluding hydrogens is 479 g/mol. The van der Waals surface area contributed by atoms with Crippen LogP contribution in [0, 0.1) is 11.3 Å². The van der Waals surface area contributed by atoms with Crippen LogP contribution in [-0.4, -0.2) is 36.0 Å². The van der Waals surface area contributed by atoms with Gasteiger partial charge in [-0.1, -0.05) is 0 Å². The van der Waals surface area contributed by atoms with Gasteiger partial charge in [-0.05, 0) is 0 Å². The first kappa shape index (κ1) is 21.1. The fraction of sp³-hybridized carbons (Fsp3) is 0.115. The first-order valence-corrected chi connectivity index (χ1v) is 12.3. The number of aromatic nitrogens is 1. The minimum absolute atomic E-state index is 0.0224. The number of nitrogens with zero attached hydrogens (tertiary/aromatic N) is 2. The van der Waals surface area contributed by atoms with Crippen LogP contribution < -0.4 is 9.09 Å². The number of carbonyl (C=O) groups excluding carboxylic acids is 1. The molecule has 33 heavy (non-hydrogen) atoms. The van der Waals surface area contributed by atoms with Crippen molar-refractivity contribution in [3.05, 3.63) is 95.2 Å². The average Bonchev–Trinajstić information content (AvgIpc) is 3.22. The van der Waals surface area contributed by atoms with E-state index < -0.39 is 21.7 Å². The van der Waals surface area contributed by atoms with Gasteiger partial charge in [0.05, 0.1) is 0 Å². The van der Waals surface area contributed by atoms with Gasteiger partial charge in [0.1, 0.15) is 0 Å². The van der Waals surface area contributed by atoms with Gasteiger partial charge in [0.15, 0.2) is 0 Å². The third kappa shape index (κ3) is 3.92. The van der Waals surface area contributed by atoms with E-state index in [1.165, 1.54) is 6.07 Å². The van der Waals surface area contributed by atoms with Crippen molar-refractivity contribution < 1.29 is 19.4 Å². The molecule has 7 heteroatoms. The Bertz CT molecular complexity index is 1440. The van der Waals surface area contributed by atoms with Crippen molar-refractivity contribution in [3.8, 4) is 11.8 Å². The third-order valence-corrected chi connectivity index (χ3v) is 7.96. The molecule has 0 fully saturated rings. The van der Waals surface area contributed by atoms with Crippen LogP contribution in [0.2, 0.25) is 0 Å². The minimum atomic E-state index is -1.13. The quantitative estimate of drug-likeness (QED) is 0.408. The van der Waals surface area contributed by atoms with Gasteiger partial charge >= 0.3 is 197 Å². The first-order chi connectivity index (χ1) is 16.0. The van der Waals surface area contributed by atoms with E-state index in [0.717, 1.165) is 28.6 Å². The molecule has 0 saturated carbocycles. The van der Waals surface area contributed by atoms with Crippen molar-refractivity contribution in [3.63, 3.8) is 0 Å². The molecule has 0 saturated heterocycles. The van der Waals surface area contributed by atoms with Crippen LogP contribution in [0.15, 0.2) is 72.8 Å². The van der Waals surface area contributed by atoms with Crippen LogP contribution in [0.4, 0.5) is 0 Å². The molecule has 0 amide bonds. The van der Waals surface area contributed by atoms with Gasteiger partial charge in [0.2, 0.25) is 0 Å². The Morgan fingerprint density at radius 1 is 1.06 bits per heavy atom. The van der Waals surface area contributed by atoms with Crippen molar-refractivity contribution in [2.75, 3.05) is 0 Å². The molecule has 0 bridgehead atoms. The fourth-order valence-corrected chi connectivity index (χ4v) is 6.24. The molecule has 3 aromatic carbocycles. The summed E-state index contributed by atoms with van der Waals surface area (Å²) in [7, 11) is 0. The van der Waals surface area contributed by atoms with E-state index in [2.05, 4.69) is 0 Å². The van der Waals surface area contributed by atoms with Gasteiger partial charge in [-0.2, -0.15) is 0 Å². The van der Waals surface area contributed by atoms with Crippen LogP contribution in [0.3, 0.4) is 0 Å². The molecule has 6 nitrogen and oxygen atoms in total. The van der Waals surface area contributed by atoms with Crippen LogP contribution in [0.25, 0.3) is 10.9 Å². The van der Waals surface area contributed by atoms with E-state index in [4.69, 9.17) is 10.00 Å². The molecule has 1 atom stereocenters. The zero-order valence-electron chi connectivity index (χ0n) is 17.4. The van der Waals surface area contributed by atoms with Crippen molar-refractivity contribution in [1.29, 1.82) is 5.26 Å². The van der Waals surface area contributed by atoms with E-state index in [-0.39, 0.29) is 21.8 Å². The number of aromatic carboxylic acids is 1. The number of benzene rings is 3. The number of ether oxygens (including phenoxy) is 1. The number of carbonyl (C=O) groups is 2. The normalized spacial score (nSPS) is 14.9. The standard InChI is InChI=1S/C26H18AsN2O4/c28-15-16-9-10-21(20(13-16)26(31)32)27-25(30)22-14-17-5-4-8-19-23(11-12-29(22)24(17)19)33-18-6-2-1-3-7-18/h1-10,13-14,23H,11-12H2,(H,31,32). The zero-order chi connectivity index (χ0) is 22.9. The van der Waals surface area contributed by atoms with Gasteiger partial charge in [-0.25, -0.2) is 0 Å². The molecular formula is C26H18AsN2O4. The molecule has 1 aromatic heterocycles. The predicted octanol–water partition coefficient (Wildman–Crippen LogP) is 3.90. The summed E-state index contributed by atoms with van der Waals surface area (Å²) in [5, 5.41) is 19.6. The second kappa shape index (κ2) is 8.61. The SMILES string of the molecule is N#Cc1ccc([As]C(=O)c2cc3cccc4c3n2CCC4Oc2ccccc2)c(C(=O)O)c1. The number of aryl methyl sites for hydroxylation is 1. The molecule has 1 unspecified atom stereocenters. The molecule has 2 heterocycles. The van der Waals surface area contributed by atoms with E-state index in [0.29, 0.717) is 16.6 Å². The molecule has 1 N–H and O–H groups in total. The number of hydrogen-bond donors (Lipinski definition) is 1. The summed E-state index contributed by atoms with van der Waals surface area (Å²) in [6.07, 6.45) is 0.621. The molecule has 161 valence electrons. The molecule has 4 aromatic rings. The number of nitriles is 1. The first-order valence-electron chi connectivity index (χ1n) is 10.4. The molecule has 0 aliphatic carbocycles. The predicted molar refractivity (Wildman–Crippen MR) is 124 cm³/mol. The number of carboxylic acids is 1. The van der Waals surface area contributed by atoms with Gasteiger partial charge in [0, 0.05) is 0 Å². The topological polar surface area (TPSA) is 92.3 Å². The summed E-state index contributed by atoms with van der Waals surface area (Å²) >= 11 is -1.09. The third-order valence-electron chi connectivity index (χ3n) is 5.73. The molecule has 0 spiro atoms. The fourth-order valence-electron chi connectivity index (χ4n) is 4.25. The Morgan fingerprint density at radius 3 is 2.64 bits per heavy atom. The number of rotatable bonds is 6. The van der Waals surface area contributed by atoms with Gasteiger partial charge in [-0.15, -0.1) is 0 Å². The van der Waals surface area contributed by atoms with Gasteiger partial charge in [-0.3, -0.25) is 0 Å². The van der Waals surface area contributed by atoms with Gasteiger partial charge < -0.3 is 0 Å². The maximum atomic E-state index is 13.3. The Hall–Kier alpha value is -3.81. The van der Waals surface area contributed by atoms with E-state index in [1.54, 1.807) is 12.1 Å². The second-order valence-electron chi connectivity index (χ2n) is 7.74. The molecule has 1 radical (unpaired) electrons. The van der Waals surface area contributed by atoms with Crippen LogP contribution >= 0.6 is 0 Å². The number of carboxylic acid groups (broad SMARTS) is 1. The molecule has 1 aliphatic rings. The van der Waals surface area contributed by atoms with Gasteiger partial charge in [0.25, 0.3) is 0 Å². The Kier molecular flexibility index (Phi) is 5.50. The summed E-state index contributed by atoms with van der Waals surface area (Å²) in [6, 6.07) is 24.0. The zero-order valence-corrected chi connectivity index (χ0v) is 19.3. The number of hydrogen-bond acceptors (Lipinski definition) is 4. The van der Waals surface area contributed by atoms with Crippen molar-refractivity contribution in [2.45, 2.75) is 19.1 Å². The van der Waals surface area contributed by atoms with Crippen LogP contribution in [0.1, 0.15) is 44.5 Å². The monoisotopic (exact) mass is 497 g/mol. The summed E-state index contributed by atoms with van der Waals surface area (Å²) in [6.45, 7) is 0.638. The number of para-hydroxylation sites is 2. The van der Waals surface area contributed by atoms with E-state index in [9.17, 15) is 14.7 Å². The average molecular weight is 497 g/mol. The molecule has 1 aliphatic heterocycles. The summed E-state index contributed by atoms with van der Waals surface area (Å²) in [5.74, 6) is -0.321. The molecule has 5 rings (SSSR count). The van der Waals surface area contributed by atoms with Crippen LogP contribution in [0.5, 0.6) is 5.75 Å². The second-order valence-corrected chi connectivity index (χ2v) is 10.1. The van der Waals surface area contributed by atoms with E-state index in [1.807, 2.05) is 65.2 Å². The summed E-state index contributed by atoms with van der Waals surface area (Å²) in [5.41, 5.74) is 2.92. The van der Waals surface area contributed by atoms with Crippen molar-refractivity contribution in [2.24, 2.45) is 0 Å². The summed E-state index contributed by atoms with van der Waals surface area (Å²) < 4.78 is 8.71.